The Morgan fingerprint density at radius 2 is 1.69 bits per heavy atom. The summed E-state index contributed by atoms with van der Waals surface area (Å²) in [7, 11) is -0.998. The Hall–Kier alpha value is -4.13. The Kier molecular flexibility index (Phi) is 8.72. The van der Waals surface area contributed by atoms with Gasteiger partial charge in [0.2, 0.25) is 0 Å². The third-order valence-electron chi connectivity index (χ3n) is 9.19. The number of methoxy groups -OCH3 is 1. The van der Waals surface area contributed by atoms with Crippen LogP contribution in [0.5, 0.6) is 5.75 Å². The van der Waals surface area contributed by atoms with Gasteiger partial charge in [0.25, 0.3) is 5.85 Å². The molecule has 1 saturated carbocycles. The molecule has 1 amide bonds. The summed E-state index contributed by atoms with van der Waals surface area (Å²) in [6, 6.07) is 5.36. The summed E-state index contributed by atoms with van der Waals surface area (Å²) in [6.45, 7) is 2.73. The Labute approximate surface area is 271 Å². The molecule has 6 rings (SSSR count). The molecular formula is C32H30F7N3O5P+. The number of rotatable bonds is 8. The van der Waals surface area contributed by atoms with Gasteiger partial charge >= 0.3 is 24.4 Å². The van der Waals surface area contributed by atoms with E-state index in [1.165, 1.54) is 25.0 Å². The number of pyridine rings is 1. The SMILES string of the molecule is COc1cc(F)c(C2CC(C(=O)O)C2)cc1-c1ccc(N2CCC2)nc1CN1C(=O)O[C@H]([p+]2cc(C(F)(F)F)cc(C(F)(F)F)c2)[C@@H]1C. The van der Waals surface area contributed by atoms with Crippen molar-refractivity contribution in [2.75, 3.05) is 25.1 Å². The molecule has 2 atom stereocenters. The van der Waals surface area contributed by atoms with E-state index in [1.807, 2.05) is 4.90 Å². The zero-order chi connectivity index (χ0) is 34.7. The van der Waals surface area contributed by atoms with Crippen LogP contribution in [0.4, 0.5) is 41.3 Å². The van der Waals surface area contributed by atoms with Gasteiger partial charge in [-0.1, -0.05) is 0 Å². The Morgan fingerprint density at radius 1 is 1.04 bits per heavy atom. The highest BCUT2D eigenvalue weighted by Crippen LogP contribution is 2.53. The number of amides is 1. The molecule has 2 saturated heterocycles. The average Bonchev–Trinajstić information content (AvgIpc) is 3.23. The maximum atomic E-state index is 15.2. The van der Waals surface area contributed by atoms with E-state index in [1.54, 1.807) is 18.2 Å². The second-order valence-corrected chi connectivity index (χ2v) is 14.1. The van der Waals surface area contributed by atoms with Gasteiger partial charge in [0.05, 0.1) is 36.4 Å². The van der Waals surface area contributed by atoms with Crippen LogP contribution in [0.1, 0.15) is 60.3 Å². The van der Waals surface area contributed by atoms with Crippen molar-refractivity contribution in [3.05, 3.63) is 70.1 Å². The fourth-order valence-electron chi connectivity index (χ4n) is 6.24. The number of halogens is 7. The molecule has 256 valence electrons. The highest BCUT2D eigenvalue weighted by atomic mass is 31.1. The summed E-state index contributed by atoms with van der Waals surface area (Å²) < 4.78 is 108. The molecule has 2 aromatic heterocycles. The van der Waals surface area contributed by atoms with Crippen LogP contribution < -0.4 is 9.64 Å². The van der Waals surface area contributed by atoms with Crippen molar-refractivity contribution < 1.29 is 54.9 Å². The van der Waals surface area contributed by atoms with Gasteiger partial charge in [0.15, 0.2) is 7.53 Å². The Morgan fingerprint density at radius 3 is 2.23 bits per heavy atom. The molecule has 1 aromatic carbocycles. The number of carbonyl (C=O) groups excluding carboxylic acids is 1. The smallest absolute Gasteiger partial charge is 0.420 e. The molecule has 0 bridgehead atoms. The van der Waals surface area contributed by atoms with Crippen molar-refractivity contribution >= 4 is 25.4 Å². The third-order valence-corrected chi connectivity index (χ3v) is 11.5. The molecule has 3 aromatic rings. The van der Waals surface area contributed by atoms with Gasteiger partial charge in [0.1, 0.15) is 35.0 Å². The summed E-state index contributed by atoms with van der Waals surface area (Å²) in [5, 5.41) is 9.32. The second-order valence-electron chi connectivity index (χ2n) is 12.2. The molecule has 8 nitrogen and oxygen atoms in total. The number of ether oxygens (including phenoxy) is 2. The number of aliphatic carboxylic acids is 1. The number of carbonyl (C=O) groups is 2. The lowest BCUT2D eigenvalue weighted by molar-refractivity contribution is -0.145. The van der Waals surface area contributed by atoms with E-state index < -0.39 is 66.7 Å². The van der Waals surface area contributed by atoms with E-state index >= 15 is 4.39 Å². The van der Waals surface area contributed by atoms with Gasteiger partial charge in [-0.05, 0) is 61.9 Å². The first kappa shape index (κ1) is 33.8. The highest BCUT2D eigenvalue weighted by molar-refractivity contribution is 7.48. The standard InChI is InChI=1S/C32H29F7N3O5P/c1-16-29(48-14-19(31(34,35)36)10-20(15-48)32(37,38)39)47-30(45)42(16)13-25-21(4-5-27(40-25)41-6-3-7-41)23-11-22(24(33)12-26(23)46-2)17-8-18(9-17)28(43)44/h4-5,10-12,14-18,29H,3,6-9,13H2,1-2H3/p+1/t16-,17?,18?,29+/m0/s1. The lowest BCUT2D eigenvalue weighted by Crippen LogP contribution is -2.38. The molecule has 0 unspecified atom stereocenters. The van der Waals surface area contributed by atoms with Gasteiger partial charge in [-0.3, -0.25) is 9.69 Å². The quantitative estimate of drug-likeness (QED) is 0.236. The van der Waals surface area contributed by atoms with E-state index in [2.05, 4.69) is 0 Å². The van der Waals surface area contributed by atoms with Crippen molar-refractivity contribution in [3.8, 4) is 16.9 Å². The molecule has 0 spiro atoms. The third kappa shape index (κ3) is 6.36. The van der Waals surface area contributed by atoms with Gasteiger partial charge in [-0.15, -0.1) is 0 Å². The fraction of sp³-hybridized carbons (Fsp3) is 0.438. The average molecular weight is 701 g/mol. The maximum Gasteiger partial charge on any atom is 0.420 e. The number of benzene rings is 1. The van der Waals surface area contributed by atoms with Crippen molar-refractivity contribution in [2.24, 2.45) is 5.92 Å². The molecular weight excluding hydrogens is 670 g/mol. The lowest BCUT2D eigenvalue weighted by Gasteiger charge is -2.34. The topological polar surface area (TPSA) is 92.2 Å². The zero-order valence-corrected chi connectivity index (χ0v) is 26.5. The van der Waals surface area contributed by atoms with Crippen LogP contribution in [-0.4, -0.2) is 53.3 Å². The number of carboxylic acid groups (broad SMARTS) is 1. The first-order valence-electron chi connectivity index (χ1n) is 15.1. The highest BCUT2D eigenvalue weighted by Gasteiger charge is 2.49. The number of carboxylic acids is 1. The van der Waals surface area contributed by atoms with Crippen LogP contribution >= 0.6 is 7.53 Å². The molecule has 4 heterocycles. The van der Waals surface area contributed by atoms with Crippen LogP contribution in [0.3, 0.4) is 0 Å². The molecule has 1 aliphatic carbocycles. The maximum absolute atomic E-state index is 15.2. The van der Waals surface area contributed by atoms with E-state index in [0.717, 1.165) is 19.5 Å². The normalized spacial score (nSPS) is 22.6. The summed E-state index contributed by atoms with van der Waals surface area (Å²) in [6.07, 6.45) is -9.58. The van der Waals surface area contributed by atoms with Crippen LogP contribution in [-0.2, 0) is 28.4 Å². The molecule has 3 fully saturated rings. The van der Waals surface area contributed by atoms with E-state index in [4.69, 9.17) is 14.5 Å². The fourth-order valence-corrected chi connectivity index (χ4v) is 8.57. The van der Waals surface area contributed by atoms with Gasteiger partial charge < -0.3 is 19.5 Å². The summed E-state index contributed by atoms with van der Waals surface area (Å²) in [5.41, 5.74) is -1.43. The molecule has 16 heteroatoms. The summed E-state index contributed by atoms with van der Waals surface area (Å²) in [4.78, 5) is 32.6. The largest absolute Gasteiger partial charge is 0.496 e. The van der Waals surface area contributed by atoms with Gasteiger partial charge in [-0.2, -0.15) is 26.3 Å². The minimum Gasteiger partial charge on any atom is -0.496 e. The van der Waals surface area contributed by atoms with Crippen LogP contribution in [0.2, 0.25) is 0 Å². The van der Waals surface area contributed by atoms with Gasteiger partial charge in [0, 0.05) is 30.3 Å². The number of hydrogen-bond donors (Lipinski definition) is 1. The number of aromatic nitrogens is 1. The molecule has 48 heavy (non-hydrogen) atoms. The number of nitrogens with zero attached hydrogens (tertiary/aromatic N) is 3. The number of anilines is 1. The Balaban J connectivity index is 1.38. The first-order valence-corrected chi connectivity index (χ1v) is 16.6. The Bertz CT molecular complexity index is 1730. The molecule has 3 aliphatic rings. The molecule has 0 radical (unpaired) electrons. The minimum atomic E-state index is -5.05. The number of alkyl halides is 6. The van der Waals surface area contributed by atoms with E-state index in [-0.39, 0.29) is 37.1 Å². The van der Waals surface area contributed by atoms with E-state index in [9.17, 15) is 41.0 Å². The zero-order valence-electron chi connectivity index (χ0n) is 25.6. The first-order chi connectivity index (χ1) is 22.5. The van der Waals surface area contributed by atoms with Crippen molar-refractivity contribution in [1.29, 1.82) is 0 Å². The van der Waals surface area contributed by atoms with Gasteiger partial charge in [-0.25, -0.2) is 14.2 Å². The van der Waals surface area contributed by atoms with Crippen LogP contribution in [0.15, 0.2) is 41.9 Å². The van der Waals surface area contributed by atoms with Crippen molar-refractivity contribution in [1.82, 2.24) is 9.88 Å². The number of hydrogen-bond acceptors (Lipinski definition) is 6. The van der Waals surface area contributed by atoms with Crippen molar-refractivity contribution in [2.45, 2.75) is 62.9 Å². The molecule has 2 aliphatic heterocycles. The number of cyclic esters (lactones) is 1. The summed E-state index contributed by atoms with van der Waals surface area (Å²) >= 11 is 0. The van der Waals surface area contributed by atoms with E-state index in [0.29, 0.717) is 39.8 Å². The summed E-state index contributed by atoms with van der Waals surface area (Å²) in [5.74, 6) is -1.65. The lowest BCUT2D eigenvalue weighted by atomic mass is 9.71. The predicted octanol–water partition coefficient (Wildman–Crippen LogP) is 8.53. The van der Waals surface area contributed by atoms with Crippen LogP contribution in [0.25, 0.3) is 11.1 Å². The monoisotopic (exact) mass is 700 g/mol. The van der Waals surface area contributed by atoms with Crippen LogP contribution in [0, 0.1) is 11.7 Å². The minimum absolute atomic E-state index is 0.0469. The molecule has 1 N–H and O–H groups in total. The second kappa shape index (κ2) is 12.4. The van der Waals surface area contributed by atoms with Crippen molar-refractivity contribution in [3.63, 3.8) is 0 Å². The predicted molar refractivity (Wildman–Crippen MR) is 160 cm³/mol.